The summed E-state index contributed by atoms with van der Waals surface area (Å²) in [4.78, 5) is 14.4. The van der Waals surface area contributed by atoms with Crippen LogP contribution in [-0.2, 0) is 4.79 Å². The lowest BCUT2D eigenvalue weighted by atomic mass is 9.90. The predicted octanol–water partition coefficient (Wildman–Crippen LogP) is 2.30. The number of benzene rings is 1. The van der Waals surface area contributed by atoms with E-state index in [1.807, 2.05) is 17.0 Å². The van der Waals surface area contributed by atoms with Crippen LogP contribution in [0.2, 0.25) is 0 Å². The summed E-state index contributed by atoms with van der Waals surface area (Å²) in [5.74, 6) is 1.85. The minimum atomic E-state index is 0.00814. The summed E-state index contributed by atoms with van der Waals surface area (Å²) in [6.07, 6.45) is 5.56. The van der Waals surface area contributed by atoms with Crippen molar-refractivity contribution in [2.75, 3.05) is 27.3 Å². The first-order valence-corrected chi connectivity index (χ1v) is 8.01. The number of ether oxygens (including phenoxy) is 2. The molecule has 0 aliphatic carbocycles. The molecule has 1 aliphatic rings. The molecule has 1 heterocycles. The van der Waals surface area contributed by atoms with Crippen molar-refractivity contribution in [2.45, 2.75) is 25.8 Å². The highest BCUT2D eigenvalue weighted by molar-refractivity contribution is 5.92. The van der Waals surface area contributed by atoms with E-state index >= 15 is 0 Å². The van der Waals surface area contributed by atoms with Crippen molar-refractivity contribution < 1.29 is 14.3 Å². The first-order chi connectivity index (χ1) is 11.1. The van der Waals surface area contributed by atoms with Crippen LogP contribution in [0.1, 0.15) is 25.3 Å². The van der Waals surface area contributed by atoms with Gasteiger partial charge in [-0.15, -0.1) is 0 Å². The minimum Gasteiger partial charge on any atom is -0.497 e. The van der Waals surface area contributed by atoms with Crippen molar-refractivity contribution in [1.82, 2.24) is 4.90 Å². The largest absolute Gasteiger partial charge is 0.497 e. The maximum Gasteiger partial charge on any atom is 0.246 e. The van der Waals surface area contributed by atoms with Gasteiger partial charge in [0.2, 0.25) is 5.91 Å². The molecule has 5 nitrogen and oxygen atoms in total. The third-order valence-electron chi connectivity index (χ3n) is 4.43. The van der Waals surface area contributed by atoms with Crippen molar-refractivity contribution in [3.8, 4) is 11.5 Å². The number of carbonyl (C=O) groups is 1. The van der Waals surface area contributed by atoms with Crippen LogP contribution < -0.4 is 15.2 Å². The predicted molar refractivity (Wildman–Crippen MR) is 91.5 cm³/mol. The third-order valence-corrected chi connectivity index (χ3v) is 4.43. The Labute approximate surface area is 138 Å². The van der Waals surface area contributed by atoms with Gasteiger partial charge in [-0.1, -0.05) is 6.92 Å². The molecule has 2 rings (SSSR count). The van der Waals surface area contributed by atoms with E-state index in [4.69, 9.17) is 15.2 Å². The summed E-state index contributed by atoms with van der Waals surface area (Å²) in [7, 11) is 3.21. The average molecular weight is 318 g/mol. The summed E-state index contributed by atoms with van der Waals surface area (Å²) >= 11 is 0. The molecule has 1 saturated heterocycles. The highest BCUT2D eigenvalue weighted by Gasteiger charge is 2.29. The Balaban J connectivity index is 2.14. The number of carbonyl (C=O) groups excluding carboxylic acids is 1. The maximum atomic E-state index is 12.5. The van der Waals surface area contributed by atoms with Crippen LogP contribution in [0.5, 0.6) is 11.5 Å². The van der Waals surface area contributed by atoms with E-state index in [0.29, 0.717) is 24.0 Å². The number of hydrogen-bond donors (Lipinski definition) is 1. The molecule has 1 fully saturated rings. The summed E-state index contributed by atoms with van der Waals surface area (Å²) in [6, 6.07) is 5.66. The molecule has 1 aromatic carbocycles. The molecule has 0 aromatic heterocycles. The zero-order valence-corrected chi connectivity index (χ0v) is 14.1. The Bertz CT molecular complexity index is 549. The number of hydrogen-bond acceptors (Lipinski definition) is 4. The smallest absolute Gasteiger partial charge is 0.246 e. The molecular weight excluding hydrogens is 292 g/mol. The van der Waals surface area contributed by atoms with Crippen LogP contribution in [0.3, 0.4) is 0 Å². The van der Waals surface area contributed by atoms with Crippen molar-refractivity contribution >= 4 is 12.0 Å². The molecule has 2 atom stereocenters. The van der Waals surface area contributed by atoms with E-state index in [1.54, 1.807) is 32.4 Å². The fraction of sp³-hybridized carbons (Fsp3) is 0.500. The van der Waals surface area contributed by atoms with Crippen LogP contribution in [-0.4, -0.2) is 44.2 Å². The van der Waals surface area contributed by atoms with Gasteiger partial charge >= 0.3 is 0 Å². The molecule has 2 N–H and O–H groups in total. The zero-order chi connectivity index (χ0) is 16.8. The van der Waals surface area contributed by atoms with E-state index < -0.39 is 0 Å². The van der Waals surface area contributed by atoms with Gasteiger partial charge in [-0.25, -0.2) is 0 Å². The number of amides is 1. The van der Waals surface area contributed by atoms with Gasteiger partial charge in [0, 0.05) is 31.3 Å². The van der Waals surface area contributed by atoms with Crippen LogP contribution in [0, 0.1) is 5.92 Å². The number of likely N-dealkylation sites (tertiary alicyclic amines) is 1. The quantitative estimate of drug-likeness (QED) is 0.846. The molecule has 126 valence electrons. The van der Waals surface area contributed by atoms with Gasteiger partial charge in [-0.05, 0) is 42.5 Å². The second-order valence-corrected chi connectivity index (χ2v) is 5.93. The normalized spacial score (nSPS) is 21.5. The number of rotatable bonds is 5. The molecule has 0 bridgehead atoms. The standard InChI is InChI=1S/C18H26N2O3/c1-13-5-4-8-20(17(13)12-19)18(21)7-6-14-9-15(22-2)11-16(10-14)23-3/h6-7,9-11,13,17H,4-5,8,12,19H2,1-3H3/b7-6+. The molecule has 2 unspecified atom stereocenters. The number of piperidine rings is 1. The lowest BCUT2D eigenvalue weighted by Gasteiger charge is -2.38. The van der Waals surface area contributed by atoms with Crippen LogP contribution in [0.15, 0.2) is 24.3 Å². The first kappa shape index (κ1) is 17.3. The fourth-order valence-corrected chi connectivity index (χ4v) is 3.07. The summed E-state index contributed by atoms with van der Waals surface area (Å²) in [6.45, 7) is 3.44. The molecule has 5 heteroatoms. The highest BCUT2D eigenvalue weighted by Crippen LogP contribution is 2.25. The minimum absolute atomic E-state index is 0.00814. The summed E-state index contributed by atoms with van der Waals surface area (Å²) < 4.78 is 10.5. The van der Waals surface area contributed by atoms with E-state index in [-0.39, 0.29) is 11.9 Å². The fourth-order valence-electron chi connectivity index (χ4n) is 3.07. The highest BCUT2D eigenvalue weighted by atomic mass is 16.5. The van der Waals surface area contributed by atoms with Crippen molar-refractivity contribution in [3.63, 3.8) is 0 Å². The topological polar surface area (TPSA) is 64.8 Å². The lowest BCUT2D eigenvalue weighted by Crippen LogP contribution is -2.50. The Kier molecular flexibility index (Phi) is 6.04. The van der Waals surface area contributed by atoms with E-state index in [1.165, 1.54) is 0 Å². The van der Waals surface area contributed by atoms with Crippen LogP contribution >= 0.6 is 0 Å². The molecule has 1 aliphatic heterocycles. The second-order valence-electron chi connectivity index (χ2n) is 5.93. The molecule has 0 radical (unpaired) electrons. The molecule has 0 saturated carbocycles. The SMILES string of the molecule is COc1cc(/C=C/C(=O)N2CCCC(C)C2CN)cc(OC)c1. The second kappa shape index (κ2) is 8.02. The van der Waals surface area contributed by atoms with Gasteiger partial charge in [-0.3, -0.25) is 4.79 Å². The van der Waals surface area contributed by atoms with Crippen molar-refractivity contribution in [3.05, 3.63) is 29.8 Å². The molecule has 1 amide bonds. The number of nitrogens with zero attached hydrogens (tertiary/aromatic N) is 1. The van der Waals surface area contributed by atoms with Crippen LogP contribution in [0.4, 0.5) is 0 Å². The Morgan fingerprint density at radius 1 is 1.30 bits per heavy atom. The number of nitrogens with two attached hydrogens (primary N) is 1. The summed E-state index contributed by atoms with van der Waals surface area (Å²) in [5, 5.41) is 0. The van der Waals surface area contributed by atoms with E-state index in [0.717, 1.165) is 24.9 Å². The monoisotopic (exact) mass is 318 g/mol. The van der Waals surface area contributed by atoms with Gasteiger partial charge in [0.05, 0.1) is 14.2 Å². The van der Waals surface area contributed by atoms with Crippen molar-refractivity contribution in [1.29, 1.82) is 0 Å². The molecule has 0 spiro atoms. The Morgan fingerprint density at radius 2 is 1.96 bits per heavy atom. The van der Waals surface area contributed by atoms with E-state index in [2.05, 4.69) is 6.92 Å². The van der Waals surface area contributed by atoms with Crippen molar-refractivity contribution in [2.24, 2.45) is 11.7 Å². The van der Waals surface area contributed by atoms with Gasteiger partial charge in [0.1, 0.15) is 11.5 Å². The number of methoxy groups -OCH3 is 2. The van der Waals surface area contributed by atoms with Crippen LogP contribution in [0.25, 0.3) is 6.08 Å². The molecule has 1 aromatic rings. The average Bonchev–Trinajstić information content (AvgIpc) is 2.58. The molecular formula is C18H26N2O3. The maximum absolute atomic E-state index is 12.5. The Hall–Kier alpha value is -2.01. The lowest BCUT2D eigenvalue weighted by molar-refractivity contribution is -0.130. The van der Waals surface area contributed by atoms with Gasteiger partial charge in [-0.2, -0.15) is 0 Å². The Morgan fingerprint density at radius 3 is 2.52 bits per heavy atom. The third kappa shape index (κ3) is 4.26. The molecule has 23 heavy (non-hydrogen) atoms. The van der Waals surface area contributed by atoms with Gasteiger partial charge in [0.25, 0.3) is 0 Å². The van der Waals surface area contributed by atoms with Gasteiger partial charge in [0.15, 0.2) is 0 Å². The van der Waals surface area contributed by atoms with Gasteiger partial charge < -0.3 is 20.1 Å². The summed E-state index contributed by atoms with van der Waals surface area (Å²) in [5.41, 5.74) is 6.72. The zero-order valence-electron chi connectivity index (χ0n) is 14.1. The van der Waals surface area contributed by atoms with E-state index in [9.17, 15) is 4.79 Å². The first-order valence-electron chi connectivity index (χ1n) is 8.01.